The molecule has 0 aliphatic heterocycles. The first-order valence-corrected chi connectivity index (χ1v) is 8.79. The zero-order valence-corrected chi connectivity index (χ0v) is 15.5. The maximum atomic E-state index is 13.3. The van der Waals surface area contributed by atoms with E-state index < -0.39 is 67.1 Å². The lowest BCUT2D eigenvalue weighted by Crippen LogP contribution is -2.18. The third-order valence-corrected chi connectivity index (χ3v) is 4.07. The zero-order chi connectivity index (χ0) is 22.5. The lowest BCUT2D eigenvalue weighted by molar-refractivity contribution is -0.138. The van der Waals surface area contributed by atoms with Gasteiger partial charge in [-0.1, -0.05) is 23.2 Å². The summed E-state index contributed by atoms with van der Waals surface area (Å²) in [6, 6.07) is 0.626. The van der Waals surface area contributed by atoms with Crippen LogP contribution in [0.1, 0.15) is 21.6 Å². The molecule has 1 aromatic carbocycles. The van der Waals surface area contributed by atoms with Crippen LogP contribution in [0.4, 0.5) is 32.2 Å². The fraction of sp³-hybridized carbons (Fsp3) is 0.167. The predicted octanol–water partition coefficient (Wildman–Crippen LogP) is 3.76. The number of hydrogen-bond acceptors (Lipinski definition) is 6. The molecule has 0 spiro atoms. The minimum atomic E-state index is -5.52. The van der Waals surface area contributed by atoms with Crippen LogP contribution in [0, 0.1) is 0 Å². The summed E-state index contributed by atoms with van der Waals surface area (Å²) in [5.41, 5.74) is -0.529. The van der Waals surface area contributed by atoms with Gasteiger partial charge in [-0.05, 0) is 12.1 Å². The highest BCUT2D eigenvalue weighted by Gasteiger charge is 2.44. The first kappa shape index (κ1) is 23.1. The molecule has 0 fully saturated rings. The van der Waals surface area contributed by atoms with Crippen molar-refractivity contribution in [1.29, 1.82) is 0 Å². The lowest BCUT2D eigenvalue weighted by atomic mass is 10.2. The standard InChI is InChI=1S/C12H5Cl2F6N3O5S/c13-4-1-3(11(15,16)17)2-5(14)8(4)23-9(21)6(12(18,19)20)7(22-23)10(24)28-29(25,26)27/h1-2H,21H2,(H,25,26,27). The molecule has 0 aliphatic rings. The van der Waals surface area contributed by atoms with Gasteiger partial charge in [-0.3, -0.25) is 4.55 Å². The SMILES string of the molecule is Nc1c(C(F)(F)F)c(C(=O)OS(=O)(=O)O)nn1-c1c(Cl)cc(C(F)(F)F)cc1Cl. The topological polar surface area (TPSA) is 125 Å². The number of benzene rings is 1. The van der Waals surface area contributed by atoms with Gasteiger partial charge < -0.3 is 9.92 Å². The van der Waals surface area contributed by atoms with Gasteiger partial charge in [0.15, 0.2) is 5.69 Å². The van der Waals surface area contributed by atoms with Crippen LogP contribution in [0.2, 0.25) is 10.0 Å². The van der Waals surface area contributed by atoms with E-state index in [2.05, 4.69) is 9.28 Å². The van der Waals surface area contributed by atoms with Gasteiger partial charge in [0.05, 0.1) is 15.6 Å². The summed E-state index contributed by atoms with van der Waals surface area (Å²) in [6.07, 6.45) is -10.3. The van der Waals surface area contributed by atoms with Gasteiger partial charge in [0.1, 0.15) is 17.1 Å². The molecule has 160 valence electrons. The van der Waals surface area contributed by atoms with Crippen molar-refractivity contribution in [2.75, 3.05) is 5.73 Å². The molecule has 3 N–H and O–H groups in total. The maximum absolute atomic E-state index is 13.3. The molecule has 0 aliphatic carbocycles. The second kappa shape index (κ2) is 7.23. The second-order valence-electron chi connectivity index (χ2n) is 5.10. The van der Waals surface area contributed by atoms with Crippen molar-refractivity contribution in [3.8, 4) is 5.69 Å². The highest BCUT2D eigenvalue weighted by molar-refractivity contribution is 7.81. The quantitative estimate of drug-likeness (QED) is 0.498. The number of nitrogen functional groups attached to an aromatic ring is 1. The second-order valence-corrected chi connectivity index (χ2v) is 6.94. The Morgan fingerprint density at radius 1 is 1.10 bits per heavy atom. The lowest BCUT2D eigenvalue weighted by Gasteiger charge is -2.13. The Bertz CT molecular complexity index is 1070. The van der Waals surface area contributed by atoms with Gasteiger partial charge >= 0.3 is 28.7 Å². The number of nitrogens with zero attached hydrogens (tertiary/aromatic N) is 2. The molecular formula is C12H5Cl2F6N3O5S. The van der Waals surface area contributed by atoms with Crippen LogP contribution in [0.25, 0.3) is 5.69 Å². The number of hydrogen-bond donors (Lipinski definition) is 2. The Kier molecular flexibility index (Phi) is 5.75. The van der Waals surface area contributed by atoms with Crippen LogP contribution in [-0.4, -0.2) is 28.7 Å². The molecule has 17 heteroatoms. The van der Waals surface area contributed by atoms with Crippen LogP contribution < -0.4 is 5.73 Å². The van der Waals surface area contributed by atoms with Crippen molar-refractivity contribution in [2.45, 2.75) is 12.4 Å². The number of carbonyl (C=O) groups is 1. The first-order valence-electron chi connectivity index (χ1n) is 6.67. The number of nitrogens with two attached hydrogens (primary N) is 1. The van der Waals surface area contributed by atoms with Crippen molar-refractivity contribution in [2.24, 2.45) is 0 Å². The molecule has 8 nitrogen and oxygen atoms in total. The Morgan fingerprint density at radius 3 is 1.97 bits per heavy atom. The van der Waals surface area contributed by atoms with E-state index in [1.54, 1.807) is 0 Å². The van der Waals surface area contributed by atoms with Gasteiger partial charge in [-0.25, -0.2) is 9.48 Å². The molecule has 0 radical (unpaired) electrons. The number of halogens is 8. The predicted molar refractivity (Wildman–Crippen MR) is 85.0 cm³/mol. The van der Waals surface area contributed by atoms with E-state index in [0.29, 0.717) is 12.1 Å². The number of anilines is 1. The molecule has 0 saturated carbocycles. The van der Waals surface area contributed by atoms with Crippen molar-refractivity contribution in [3.63, 3.8) is 0 Å². The van der Waals surface area contributed by atoms with E-state index in [0.717, 1.165) is 0 Å². The third kappa shape index (κ3) is 4.85. The summed E-state index contributed by atoms with van der Waals surface area (Å²) in [5.74, 6) is -3.65. The third-order valence-electron chi connectivity index (χ3n) is 3.13. The van der Waals surface area contributed by atoms with E-state index in [-0.39, 0.29) is 4.68 Å². The highest BCUT2D eigenvalue weighted by Crippen LogP contribution is 2.42. The maximum Gasteiger partial charge on any atom is 0.449 e. The normalized spacial score (nSPS) is 12.9. The van der Waals surface area contributed by atoms with Crippen LogP contribution in [-0.2, 0) is 26.9 Å². The minimum Gasteiger partial charge on any atom is -0.383 e. The van der Waals surface area contributed by atoms with Gasteiger partial charge in [-0.2, -0.15) is 39.9 Å². The Labute approximate surface area is 166 Å². The molecule has 0 atom stereocenters. The smallest absolute Gasteiger partial charge is 0.383 e. The van der Waals surface area contributed by atoms with E-state index in [4.69, 9.17) is 33.5 Å². The van der Waals surface area contributed by atoms with Gasteiger partial charge in [-0.15, -0.1) is 0 Å². The minimum absolute atomic E-state index is 0.0776. The molecule has 0 amide bonds. The van der Waals surface area contributed by atoms with Crippen LogP contribution in [0.5, 0.6) is 0 Å². The van der Waals surface area contributed by atoms with E-state index in [1.165, 1.54) is 0 Å². The first-order chi connectivity index (χ1) is 12.9. The molecular weight excluding hydrogens is 483 g/mol. The number of alkyl halides is 6. The monoisotopic (exact) mass is 487 g/mol. The Balaban J connectivity index is 2.78. The summed E-state index contributed by atoms with van der Waals surface area (Å²) in [6.45, 7) is 0. The van der Waals surface area contributed by atoms with Gasteiger partial charge in [0.25, 0.3) is 0 Å². The van der Waals surface area contributed by atoms with Crippen molar-refractivity contribution >= 4 is 45.4 Å². The fourth-order valence-corrected chi connectivity index (χ4v) is 3.01. The molecule has 0 saturated heterocycles. The van der Waals surface area contributed by atoms with Crippen molar-refractivity contribution in [3.05, 3.63) is 39.0 Å². The molecule has 0 unspecified atom stereocenters. The number of carbonyl (C=O) groups excluding carboxylic acids is 1. The molecule has 0 bridgehead atoms. The number of aromatic nitrogens is 2. The van der Waals surface area contributed by atoms with E-state index >= 15 is 0 Å². The molecule has 2 rings (SSSR count). The summed E-state index contributed by atoms with van der Waals surface area (Å²) >= 11 is 11.3. The summed E-state index contributed by atoms with van der Waals surface area (Å²) < 4.78 is 111. The molecule has 1 heterocycles. The highest BCUT2D eigenvalue weighted by atomic mass is 35.5. The summed E-state index contributed by atoms with van der Waals surface area (Å²) in [5, 5.41) is 1.43. The van der Waals surface area contributed by atoms with Gasteiger partial charge in [0.2, 0.25) is 0 Å². The van der Waals surface area contributed by atoms with Gasteiger partial charge in [0, 0.05) is 0 Å². The number of rotatable bonds is 3. The largest absolute Gasteiger partial charge is 0.449 e. The van der Waals surface area contributed by atoms with Crippen molar-refractivity contribution < 1.29 is 48.3 Å². The van der Waals surface area contributed by atoms with E-state index in [1.807, 2.05) is 0 Å². The van der Waals surface area contributed by atoms with Crippen LogP contribution in [0.15, 0.2) is 12.1 Å². The summed E-state index contributed by atoms with van der Waals surface area (Å²) in [7, 11) is -5.52. The Hall–Kier alpha value is -2.23. The van der Waals surface area contributed by atoms with Crippen LogP contribution in [0.3, 0.4) is 0 Å². The molecule has 2 aromatic rings. The average molecular weight is 488 g/mol. The van der Waals surface area contributed by atoms with Crippen LogP contribution >= 0.6 is 23.2 Å². The fourth-order valence-electron chi connectivity index (χ4n) is 2.09. The van der Waals surface area contributed by atoms with E-state index in [9.17, 15) is 39.6 Å². The molecule has 1 aromatic heterocycles. The molecule has 29 heavy (non-hydrogen) atoms. The zero-order valence-electron chi connectivity index (χ0n) is 13.1. The average Bonchev–Trinajstić information content (AvgIpc) is 2.81. The summed E-state index contributed by atoms with van der Waals surface area (Å²) in [4.78, 5) is 11.7. The van der Waals surface area contributed by atoms with Crippen molar-refractivity contribution in [1.82, 2.24) is 9.78 Å². The Morgan fingerprint density at radius 2 is 1.59 bits per heavy atom.